The van der Waals surface area contributed by atoms with Gasteiger partial charge in [0.2, 0.25) is 5.91 Å². The number of rotatable bonds is 4. The number of aliphatic hydroxyl groups excluding tert-OH is 1. The molecule has 1 aliphatic carbocycles. The van der Waals surface area contributed by atoms with E-state index in [4.69, 9.17) is 0 Å². The summed E-state index contributed by atoms with van der Waals surface area (Å²) in [6, 6.07) is 3.14. The Morgan fingerprint density at radius 1 is 1.32 bits per heavy atom. The SMILES string of the molecule is CN1CC(C(=O)NC(CO)C(C)(F)F)CC2c3cccc4[nH]c(C(F)(F)F)c(c34)CC21. The number of H-pyrrole nitrogens is 1. The first kappa shape index (κ1) is 22.0. The second-order valence-electron chi connectivity index (χ2n) is 8.70. The third-order valence-corrected chi connectivity index (χ3v) is 6.62. The number of hydrogen-bond acceptors (Lipinski definition) is 3. The van der Waals surface area contributed by atoms with Gasteiger partial charge in [-0.25, -0.2) is 8.78 Å². The van der Waals surface area contributed by atoms with Crippen molar-refractivity contribution < 1.29 is 31.9 Å². The highest BCUT2D eigenvalue weighted by atomic mass is 19.4. The lowest BCUT2D eigenvalue weighted by Gasteiger charge is -2.45. The number of amides is 1. The number of likely N-dealkylation sites (tertiary alicyclic amines) is 1. The van der Waals surface area contributed by atoms with Gasteiger partial charge in [-0.1, -0.05) is 12.1 Å². The molecule has 3 N–H and O–H groups in total. The molecule has 1 aromatic heterocycles. The van der Waals surface area contributed by atoms with Crippen LogP contribution in [0, 0.1) is 5.92 Å². The Kier molecular flexibility index (Phi) is 5.28. The second-order valence-corrected chi connectivity index (χ2v) is 8.70. The molecule has 2 aromatic rings. The number of hydrogen-bond donors (Lipinski definition) is 3. The molecule has 1 amide bonds. The lowest BCUT2D eigenvalue weighted by Crippen LogP contribution is -2.55. The van der Waals surface area contributed by atoms with Gasteiger partial charge in [0.15, 0.2) is 0 Å². The zero-order chi connectivity index (χ0) is 22.7. The predicted molar refractivity (Wildman–Crippen MR) is 104 cm³/mol. The number of aliphatic hydroxyl groups is 1. The zero-order valence-corrected chi connectivity index (χ0v) is 17.1. The summed E-state index contributed by atoms with van der Waals surface area (Å²) < 4.78 is 68.0. The lowest BCUT2D eigenvalue weighted by molar-refractivity contribution is -0.141. The van der Waals surface area contributed by atoms with Gasteiger partial charge in [-0.15, -0.1) is 0 Å². The molecule has 5 nitrogen and oxygen atoms in total. The highest BCUT2D eigenvalue weighted by molar-refractivity contribution is 5.90. The number of nitrogens with one attached hydrogen (secondary N) is 2. The third-order valence-electron chi connectivity index (χ3n) is 6.62. The Hall–Kier alpha value is -2.20. The van der Waals surface area contributed by atoms with Crippen LogP contribution in [0.15, 0.2) is 18.2 Å². The largest absolute Gasteiger partial charge is 0.431 e. The van der Waals surface area contributed by atoms with Crippen molar-refractivity contribution >= 4 is 16.8 Å². The Bertz CT molecular complexity index is 997. The van der Waals surface area contributed by atoms with Crippen molar-refractivity contribution in [3.05, 3.63) is 35.0 Å². The molecule has 0 saturated carbocycles. The number of piperidine rings is 1. The number of halogens is 5. The molecule has 0 bridgehead atoms. The Balaban J connectivity index is 1.67. The molecule has 2 heterocycles. The summed E-state index contributed by atoms with van der Waals surface area (Å²) in [4.78, 5) is 17.1. The first-order chi connectivity index (χ1) is 14.4. The van der Waals surface area contributed by atoms with Gasteiger partial charge in [0.05, 0.1) is 12.5 Å². The summed E-state index contributed by atoms with van der Waals surface area (Å²) in [5.74, 6) is -4.70. The molecule has 1 aliphatic heterocycles. The predicted octanol–water partition coefficient (Wildman–Crippen LogP) is 3.28. The van der Waals surface area contributed by atoms with Crippen LogP contribution in [0.4, 0.5) is 22.0 Å². The first-order valence-corrected chi connectivity index (χ1v) is 10.1. The number of benzene rings is 1. The van der Waals surface area contributed by atoms with Crippen LogP contribution in [0.25, 0.3) is 10.9 Å². The number of carbonyl (C=O) groups excluding carboxylic acids is 1. The average Bonchev–Trinajstić information content (AvgIpc) is 3.06. The summed E-state index contributed by atoms with van der Waals surface area (Å²) in [5.41, 5.74) is 0.635. The maximum absolute atomic E-state index is 13.6. The summed E-state index contributed by atoms with van der Waals surface area (Å²) >= 11 is 0. The number of nitrogens with zero attached hydrogens (tertiary/aromatic N) is 1. The van der Waals surface area contributed by atoms with E-state index in [1.165, 1.54) is 0 Å². The molecule has 1 fully saturated rings. The monoisotopic (exact) mass is 445 g/mol. The van der Waals surface area contributed by atoms with E-state index in [-0.39, 0.29) is 30.5 Å². The molecule has 2 aliphatic rings. The molecule has 4 rings (SSSR count). The average molecular weight is 445 g/mol. The molecule has 0 radical (unpaired) electrons. The lowest BCUT2D eigenvalue weighted by atomic mass is 9.72. The van der Waals surface area contributed by atoms with Crippen LogP contribution in [0.5, 0.6) is 0 Å². The normalized spacial score (nSPS) is 25.4. The van der Waals surface area contributed by atoms with Gasteiger partial charge in [0.1, 0.15) is 11.7 Å². The van der Waals surface area contributed by atoms with Crippen LogP contribution < -0.4 is 5.32 Å². The van der Waals surface area contributed by atoms with E-state index in [0.29, 0.717) is 24.2 Å². The minimum absolute atomic E-state index is 0.188. The van der Waals surface area contributed by atoms with Crippen LogP contribution >= 0.6 is 0 Å². The Morgan fingerprint density at radius 3 is 2.65 bits per heavy atom. The van der Waals surface area contributed by atoms with Crippen molar-refractivity contribution in [2.45, 2.75) is 49.9 Å². The minimum Gasteiger partial charge on any atom is -0.394 e. The third kappa shape index (κ3) is 3.80. The smallest absolute Gasteiger partial charge is 0.394 e. The van der Waals surface area contributed by atoms with Gasteiger partial charge < -0.3 is 20.3 Å². The summed E-state index contributed by atoms with van der Waals surface area (Å²) in [5, 5.41) is 12.0. The molecule has 4 atom stereocenters. The number of likely N-dealkylation sites (N-methyl/N-ethyl adjacent to an activating group) is 1. The maximum Gasteiger partial charge on any atom is 0.431 e. The van der Waals surface area contributed by atoms with Gasteiger partial charge in [0.25, 0.3) is 5.92 Å². The standard InChI is InChI=1S/C21H24F5N3O2/c1-20(22,23)16(9-30)28-19(31)10-6-12-11-4-3-5-14-17(11)13(7-15(12)29(2)8-10)18(27-14)21(24,25)26/h3-5,10,12,15-16,27,30H,6-9H2,1-2H3,(H,28,31). The molecular weight excluding hydrogens is 421 g/mol. The van der Waals surface area contributed by atoms with E-state index in [0.717, 1.165) is 5.56 Å². The summed E-state index contributed by atoms with van der Waals surface area (Å²) in [6.45, 7) is -0.0295. The van der Waals surface area contributed by atoms with Gasteiger partial charge in [-0.3, -0.25) is 4.79 Å². The van der Waals surface area contributed by atoms with Crippen molar-refractivity contribution in [2.75, 3.05) is 20.2 Å². The fourth-order valence-corrected chi connectivity index (χ4v) is 5.08. The van der Waals surface area contributed by atoms with Crippen LogP contribution in [-0.2, 0) is 17.4 Å². The van der Waals surface area contributed by atoms with Gasteiger partial charge in [0, 0.05) is 36.3 Å². The van der Waals surface area contributed by atoms with E-state index < -0.39 is 42.3 Å². The van der Waals surface area contributed by atoms with Crippen LogP contribution in [0.1, 0.15) is 36.1 Å². The molecule has 10 heteroatoms. The van der Waals surface area contributed by atoms with Gasteiger partial charge in [-0.2, -0.15) is 13.2 Å². The van der Waals surface area contributed by atoms with Crippen molar-refractivity contribution in [3.8, 4) is 0 Å². The highest BCUT2D eigenvalue weighted by Gasteiger charge is 2.46. The van der Waals surface area contributed by atoms with Gasteiger partial charge >= 0.3 is 6.18 Å². The van der Waals surface area contributed by atoms with Gasteiger partial charge in [-0.05, 0) is 37.1 Å². The van der Waals surface area contributed by atoms with E-state index in [9.17, 15) is 31.9 Å². The van der Waals surface area contributed by atoms with Crippen molar-refractivity contribution in [1.82, 2.24) is 15.2 Å². The number of fused-ring (bicyclic) bond motifs is 2. The topological polar surface area (TPSA) is 68.4 Å². The summed E-state index contributed by atoms with van der Waals surface area (Å²) in [7, 11) is 1.74. The fourth-order valence-electron chi connectivity index (χ4n) is 5.08. The molecule has 0 spiro atoms. The highest BCUT2D eigenvalue weighted by Crippen LogP contribution is 2.47. The van der Waals surface area contributed by atoms with E-state index in [1.807, 2.05) is 4.90 Å². The number of carbonyl (C=O) groups is 1. The van der Waals surface area contributed by atoms with E-state index in [1.54, 1.807) is 25.2 Å². The number of aromatic nitrogens is 1. The van der Waals surface area contributed by atoms with Crippen LogP contribution in [0.2, 0.25) is 0 Å². The molecule has 1 aromatic carbocycles. The molecule has 31 heavy (non-hydrogen) atoms. The minimum atomic E-state index is -4.50. The van der Waals surface area contributed by atoms with E-state index >= 15 is 0 Å². The fraction of sp³-hybridized carbons (Fsp3) is 0.571. The van der Waals surface area contributed by atoms with Crippen molar-refractivity contribution in [2.24, 2.45) is 5.92 Å². The van der Waals surface area contributed by atoms with Crippen LogP contribution in [0.3, 0.4) is 0 Å². The van der Waals surface area contributed by atoms with Crippen LogP contribution in [-0.4, -0.2) is 59.1 Å². The van der Waals surface area contributed by atoms with Crippen molar-refractivity contribution in [1.29, 1.82) is 0 Å². The Labute approximate surface area is 175 Å². The number of aromatic amines is 1. The molecule has 1 saturated heterocycles. The van der Waals surface area contributed by atoms with E-state index in [2.05, 4.69) is 10.3 Å². The molecular formula is C21H24F5N3O2. The quantitative estimate of drug-likeness (QED) is 0.633. The zero-order valence-electron chi connectivity index (χ0n) is 17.1. The Morgan fingerprint density at radius 2 is 2.03 bits per heavy atom. The second kappa shape index (κ2) is 7.44. The molecule has 170 valence electrons. The van der Waals surface area contributed by atoms with Crippen molar-refractivity contribution in [3.63, 3.8) is 0 Å². The summed E-state index contributed by atoms with van der Waals surface area (Å²) in [6.07, 6.45) is -3.98. The number of alkyl halides is 5. The molecule has 4 unspecified atom stereocenters. The maximum atomic E-state index is 13.6. The first-order valence-electron chi connectivity index (χ1n) is 10.1.